The van der Waals surface area contributed by atoms with Crippen molar-refractivity contribution in [3.8, 4) is 11.3 Å². The molecule has 130 valence electrons. The van der Waals surface area contributed by atoms with E-state index < -0.39 is 0 Å². The van der Waals surface area contributed by atoms with Crippen molar-refractivity contribution in [2.75, 3.05) is 5.32 Å². The fraction of sp³-hybridized carbons (Fsp3) is 0.105. The number of benzene rings is 2. The number of para-hydroxylation sites is 1. The van der Waals surface area contributed by atoms with E-state index in [2.05, 4.69) is 20.5 Å². The number of halogens is 1. The Morgan fingerprint density at radius 1 is 1.15 bits per heavy atom. The lowest BCUT2D eigenvalue weighted by molar-refractivity contribution is -0.116. The molecule has 26 heavy (non-hydrogen) atoms. The molecule has 0 bridgehead atoms. The monoisotopic (exact) mass is 366 g/mol. The Bertz CT molecular complexity index is 1050. The van der Waals surface area contributed by atoms with Crippen molar-refractivity contribution < 1.29 is 9.21 Å². The number of rotatable bonds is 5. The van der Waals surface area contributed by atoms with Gasteiger partial charge in [-0.25, -0.2) is 4.98 Å². The summed E-state index contributed by atoms with van der Waals surface area (Å²) in [5, 5.41) is 11.4. The molecule has 2 heterocycles. The first-order valence-electron chi connectivity index (χ1n) is 8.11. The van der Waals surface area contributed by atoms with Gasteiger partial charge in [0.1, 0.15) is 0 Å². The Labute approximate surface area is 154 Å². The average Bonchev–Trinajstić information content (AvgIpc) is 3.30. The van der Waals surface area contributed by atoms with Crippen LogP contribution >= 0.6 is 11.6 Å². The topological polar surface area (TPSA) is 83.8 Å². The summed E-state index contributed by atoms with van der Waals surface area (Å²) in [7, 11) is 0. The van der Waals surface area contributed by atoms with E-state index in [-0.39, 0.29) is 12.3 Å². The first-order valence-corrected chi connectivity index (χ1v) is 8.49. The van der Waals surface area contributed by atoms with Crippen molar-refractivity contribution in [2.24, 2.45) is 0 Å². The van der Waals surface area contributed by atoms with E-state index in [1.54, 1.807) is 24.5 Å². The SMILES string of the molecule is O=C(CCc1ncc(-c2ccc(Cl)cc2)o1)Nc1cccc2cn[nH]c12. The van der Waals surface area contributed by atoms with Crippen molar-refractivity contribution in [1.82, 2.24) is 15.2 Å². The molecule has 1 amide bonds. The van der Waals surface area contributed by atoms with Gasteiger partial charge in [0, 0.05) is 28.8 Å². The van der Waals surface area contributed by atoms with Gasteiger partial charge in [-0.15, -0.1) is 0 Å². The molecule has 4 aromatic rings. The first kappa shape index (κ1) is 16.4. The van der Waals surface area contributed by atoms with Crippen LogP contribution in [-0.4, -0.2) is 21.1 Å². The Balaban J connectivity index is 1.39. The molecule has 0 unspecified atom stereocenters. The van der Waals surface area contributed by atoms with E-state index >= 15 is 0 Å². The van der Waals surface area contributed by atoms with Gasteiger partial charge >= 0.3 is 0 Å². The molecular formula is C19H15ClN4O2. The van der Waals surface area contributed by atoms with E-state index in [1.165, 1.54) is 0 Å². The second-order valence-corrected chi connectivity index (χ2v) is 6.25. The molecule has 2 aromatic heterocycles. The van der Waals surface area contributed by atoms with Crippen LogP contribution < -0.4 is 5.32 Å². The molecule has 0 aliphatic heterocycles. The third kappa shape index (κ3) is 3.45. The summed E-state index contributed by atoms with van der Waals surface area (Å²) in [6, 6.07) is 13.0. The van der Waals surface area contributed by atoms with Crippen LogP contribution in [0.3, 0.4) is 0 Å². The zero-order valence-corrected chi connectivity index (χ0v) is 14.5. The molecular weight excluding hydrogens is 352 g/mol. The minimum absolute atomic E-state index is 0.113. The largest absolute Gasteiger partial charge is 0.441 e. The van der Waals surface area contributed by atoms with Crippen LogP contribution in [0, 0.1) is 0 Å². The molecule has 0 atom stereocenters. The van der Waals surface area contributed by atoms with Crippen LogP contribution in [0.15, 0.2) is 59.3 Å². The summed E-state index contributed by atoms with van der Waals surface area (Å²) < 4.78 is 5.72. The standard InChI is InChI=1S/C19H15ClN4O2/c20-14-6-4-12(5-7-14)16-11-21-18(26-16)9-8-17(25)23-15-3-1-2-13-10-22-24-19(13)15/h1-7,10-11H,8-9H2,(H,22,24)(H,23,25). The fourth-order valence-electron chi connectivity index (χ4n) is 2.68. The van der Waals surface area contributed by atoms with E-state index in [0.29, 0.717) is 28.8 Å². The molecule has 2 aromatic carbocycles. The van der Waals surface area contributed by atoms with Gasteiger partial charge < -0.3 is 9.73 Å². The van der Waals surface area contributed by atoms with Gasteiger partial charge in [-0.3, -0.25) is 9.89 Å². The normalized spacial score (nSPS) is 11.0. The number of aromatic nitrogens is 3. The lowest BCUT2D eigenvalue weighted by atomic mass is 10.2. The zero-order valence-electron chi connectivity index (χ0n) is 13.7. The van der Waals surface area contributed by atoms with E-state index in [0.717, 1.165) is 16.5 Å². The van der Waals surface area contributed by atoms with Crippen molar-refractivity contribution in [2.45, 2.75) is 12.8 Å². The molecule has 2 N–H and O–H groups in total. The van der Waals surface area contributed by atoms with Crippen LogP contribution in [0.25, 0.3) is 22.2 Å². The summed E-state index contributed by atoms with van der Waals surface area (Å²) >= 11 is 5.89. The second kappa shape index (κ2) is 7.01. The number of anilines is 1. The lowest BCUT2D eigenvalue weighted by Crippen LogP contribution is -2.12. The maximum Gasteiger partial charge on any atom is 0.224 e. The highest BCUT2D eigenvalue weighted by molar-refractivity contribution is 6.30. The summed E-state index contributed by atoms with van der Waals surface area (Å²) in [5.41, 5.74) is 2.41. The van der Waals surface area contributed by atoms with Crippen LogP contribution in [0.4, 0.5) is 5.69 Å². The number of nitrogens with one attached hydrogen (secondary N) is 2. The Morgan fingerprint density at radius 2 is 2.00 bits per heavy atom. The molecule has 0 spiro atoms. The average molecular weight is 367 g/mol. The van der Waals surface area contributed by atoms with E-state index in [1.807, 2.05) is 30.3 Å². The Morgan fingerprint density at radius 3 is 2.85 bits per heavy atom. The maximum atomic E-state index is 12.2. The number of carbonyl (C=O) groups excluding carboxylic acids is 1. The summed E-state index contributed by atoms with van der Waals surface area (Å²) in [6.45, 7) is 0. The van der Waals surface area contributed by atoms with Crippen LogP contribution in [-0.2, 0) is 11.2 Å². The molecule has 0 radical (unpaired) electrons. The molecule has 0 saturated carbocycles. The predicted octanol–water partition coefficient (Wildman–Crippen LogP) is 4.44. The highest BCUT2D eigenvalue weighted by Crippen LogP contribution is 2.23. The molecule has 7 heteroatoms. The Kier molecular flexibility index (Phi) is 4.41. The lowest BCUT2D eigenvalue weighted by Gasteiger charge is -2.05. The number of hydrogen-bond acceptors (Lipinski definition) is 4. The highest BCUT2D eigenvalue weighted by Gasteiger charge is 2.11. The third-order valence-electron chi connectivity index (χ3n) is 4.00. The summed E-state index contributed by atoms with van der Waals surface area (Å²) in [4.78, 5) is 16.5. The van der Waals surface area contributed by atoms with Gasteiger partial charge in [0.2, 0.25) is 5.91 Å². The zero-order chi connectivity index (χ0) is 17.9. The van der Waals surface area contributed by atoms with Gasteiger partial charge in [-0.05, 0) is 30.3 Å². The molecule has 4 rings (SSSR count). The first-order chi connectivity index (χ1) is 12.7. The fourth-order valence-corrected chi connectivity index (χ4v) is 2.81. The highest BCUT2D eigenvalue weighted by atomic mass is 35.5. The van der Waals surface area contributed by atoms with Crippen LogP contribution in [0.1, 0.15) is 12.3 Å². The van der Waals surface area contributed by atoms with Crippen molar-refractivity contribution in [3.05, 3.63) is 65.8 Å². The van der Waals surface area contributed by atoms with E-state index in [9.17, 15) is 4.79 Å². The number of carbonyl (C=O) groups is 1. The number of hydrogen-bond donors (Lipinski definition) is 2. The van der Waals surface area contributed by atoms with Crippen molar-refractivity contribution >= 4 is 34.1 Å². The molecule has 6 nitrogen and oxygen atoms in total. The van der Waals surface area contributed by atoms with Crippen LogP contribution in [0.5, 0.6) is 0 Å². The number of fused-ring (bicyclic) bond motifs is 1. The van der Waals surface area contributed by atoms with Crippen molar-refractivity contribution in [3.63, 3.8) is 0 Å². The maximum absolute atomic E-state index is 12.2. The quantitative estimate of drug-likeness (QED) is 0.546. The van der Waals surface area contributed by atoms with Gasteiger partial charge in [-0.2, -0.15) is 5.10 Å². The molecule has 0 aliphatic rings. The minimum Gasteiger partial charge on any atom is -0.441 e. The number of aryl methyl sites for hydroxylation is 1. The third-order valence-corrected chi connectivity index (χ3v) is 4.25. The number of H-pyrrole nitrogens is 1. The number of nitrogens with zero attached hydrogens (tertiary/aromatic N) is 2. The van der Waals surface area contributed by atoms with Crippen molar-refractivity contribution in [1.29, 1.82) is 0 Å². The van der Waals surface area contributed by atoms with Gasteiger partial charge in [-0.1, -0.05) is 23.7 Å². The summed E-state index contributed by atoms with van der Waals surface area (Å²) in [5.74, 6) is 1.06. The molecule has 0 fully saturated rings. The van der Waals surface area contributed by atoms with Crippen LogP contribution in [0.2, 0.25) is 5.02 Å². The summed E-state index contributed by atoms with van der Waals surface area (Å²) in [6.07, 6.45) is 4.06. The van der Waals surface area contributed by atoms with Gasteiger partial charge in [0.25, 0.3) is 0 Å². The number of aromatic amines is 1. The number of amides is 1. The molecule has 0 saturated heterocycles. The van der Waals surface area contributed by atoms with E-state index in [4.69, 9.17) is 16.0 Å². The predicted molar refractivity (Wildman–Crippen MR) is 100.0 cm³/mol. The smallest absolute Gasteiger partial charge is 0.224 e. The second-order valence-electron chi connectivity index (χ2n) is 5.81. The van der Waals surface area contributed by atoms with Gasteiger partial charge in [0.05, 0.1) is 23.6 Å². The number of oxazole rings is 1. The molecule has 0 aliphatic carbocycles. The van der Waals surface area contributed by atoms with Gasteiger partial charge in [0.15, 0.2) is 11.7 Å². The Hall–Kier alpha value is -3.12. The minimum atomic E-state index is -0.113.